The van der Waals surface area contributed by atoms with Gasteiger partial charge in [-0.2, -0.15) is 0 Å². The van der Waals surface area contributed by atoms with Crippen molar-refractivity contribution in [1.29, 1.82) is 0 Å². The minimum atomic E-state index is -1.47. The molecule has 0 saturated carbocycles. The number of hydrogen-bond donors (Lipinski definition) is 4. The maximum absolute atomic E-state index is 10.1. The Bertz CT molecular complexity index is 425. The van der Waals surface area contributed by atoms with Crippen LogP contribution in [0.5, 0.6) is 0 Å². The van der Waals surface area contributed by atoms with E-state index in [1.165, 1.54) is 0 Å². The van der Waals surface area contributed by atoms with E-state index < -0.39 is 42.9 Å². The molecule has 7 heteroatoms. The van der Waals surface area contributed by atoms with E-state index in [2.05, 4.69) is 6.58 Å². The largest absolute Gasteiger partial charge is 0.394 e. The summed E-state index contributed by atoms with van der Waals surface area (Å²) in [6.45, 7) is 9.04. The molecule has 23 heavy (non-hydrogen) atoms. The molecule has 7 nitrogen and oxygen atoms in total. The van der Waals surface area contributed by atoms with Crippen molar-refractivity contribution in [2.75, 3.05) is 6.61 Å². The zero-order valence-electron chi connectivity index (χ0n) is 13.9. The van der Waals surface area contributed by atoms with Crippen molar-refractivity contribution in [3.8, 4) is 0 Å². The van der Waals surface area contributed by atoms with Crippen molar-refractivity contribution in [2.24, 2.45) is 0 Å². The predicted molar refractivity (Wildman–Crippen MR) is 81.6 cm³/mol. The summed E-state index contributed by atoms with van der Waals surface area (Å²) >= 11 is 0. The Labute approximate surface area is 136 Å². The molecule has 2 rings (SSSR count). The Morgan fingerprint density at radius 1 is 1.26 bits per heavy atom. The van der Waals surface area contributed by atoms with Crippen LogP contribution >= 0.6 is 0 Å². The summed E-state index contributed by atoms with van der Waals surface area (Å²) in [5.74, 6) is 0. The SMILES string of the molecule is C=CC(C)(O[C@@H]1O[C@H](CO)[C@@H](O)[C@H](O)[C@H]1O)[C@H]1CCC(C)(C)O1. The number of aliphatic hydroxyl groups is 4. The molecule has 0 aliphatic carbocycles. The minimum Gasteiger partial charge on any atom is -0.394 e. The lowest BCUT2D eigenvalue weighted by Crippen LogP contribution is -2.61. The third-order valence-corrected chi connectivity index (χ3v) is 4.73. The molecule has 2 aliphatic rings. The van der Waals surface area contributed by atoms with Gasteiger partial charge in [-0.1, -0.05) is 6.08 Å². The van der Waals surface area contributed by atoms with Gasteiger partial charge in [0.2, 0.25) is 0 Å². The molecule has 0 aromatic carbocycles. The minimum absolute atomic E-state index is 0.270. The fourth-order valence-corrected chi connectivity index (χ4v) is 3.06. The van der Waals surface area contributed by atoms with Crippen molar-refractivity contribution < 1.29 is 34.6 Å². The van der Waals surface area contributed by atoms with E-state index in [0.29, 0.717) is 0 Å². The molecule has 7 atom stereocenters. The first-order valence-electron chi connectivity index (χ1n) is 7.93. The van der Waals surface area contributed by atoms with E-state index in [-0.39, 0.29) is 11.7 Å². The molecule has 0 spiro atoms. The first-order chi connectivity index (χ1) is 10.6. The summed E-state index contributed by atoms with van der Waals surface area (Å²) < 4.78 is 17.3. The van der Waals surface area contributed by atoms with Gasteiger partial charge in [0.15, 0.2) is 6.29 Å². The molecule has 134 valence electrons. The van der Waals surface area contributed by atoms with E-state index in [1.54, 1.807) is 13.0 Å². The van der Waals surface area contributed by atoms with E-state index in [9.17, 15) is 20.4 Å². The Morgan fingerprint density at radius 3 is 2.39 bits per heavy atom. The zero-order valence-corrected chi connectivity index (χ0v) is 13.9. The highest BCUT2D eigenvalue weighted by molar-refractivity contribution is 5.05. The summed E-state index contributed by atoms with van der Waals surface area (Å²) in [5.41, 5.74) is -1.21. The second-order valence-electron chi connectivity index (χ2n) is 7.11. The topological polar surface area (TPSA) is 109 Å². The van der Waals surface area contributed by atoms with Crippen LogP contribution in [0, 0.1) is 0 Å². The normalized spacial score (nSPS) is 43.1. The van der Waals surface area contributed by atoms with E-state index >= 15 is 0 Å². The van der Waals surface area contributed by atoms with Gasteiger partial charge in [0, 0.05) is 0 Å². The van der Waals surface area contributed by atoms with Gasteiger partial charge < -0.3 is 34.6 Å². The van der Waals surface area contributed by atoms with E-state index in [4.69, 9.17) is 14.2 Å². The zero-order chi connectivity index (χ0) is 17.4. The molecule has 2 fully saturated rings. The van der Waals surface area contributed by atoms with Crippen LogP contribution in [0.4, 0.5) is 0 Å². The van der Waals surface area contributed by atoms with Crippen LogP contribution in [0.25, 0.3) is 0 Å². The molecule has 0 aromatic heterocycles. The lowest BCUT2D eigenvalue weighted by Gasteiger charge is -2.44. The molecule has 2 saturated heterocycles. The number of rotatable bonds is 5. The molecule has 1 unspecified atom stereocenters. The van der Waals surface area contributed by atoms with Crippen molar-refractivity contribution >= 4 is 0 Å². The average Bonchev–Trinajstić information content (AvgIpc) is 2.88. The predicted octanol–water partition coefficient (Wildman–Crippen LogP) is -0.295. The van der Waals surface area contributed by atoms with Crippen molar-refractivity contribution in [3.05, 3.63) is 12.7 Å². The first-order valence-corrected chi connectivity index (χ1v) is 7.93. The Balaban J connectivity index is 2.12. The van der Waals surface area contributed by atoms with Crippen molar-refractivity contribution in [2.45, 2.75) is 81.6 Å². The molecule has 4 N–H and O–H groups in total. The maximum Gasteiger partial charge on any atom is 0.187 e. The Kier molecular flexibility index (Phi) is 5.52. The summed E-state index contributed by atoms with van der Waals surface area (Å²) in [5, 5.41) is 39.0. The fourth-order valence-electron chi connectivity index (χ4n) is 3.06. The summed E-state index contributed by atoms with van der Waals surface area (Å²) in [6, 6.07) is 0. The van der Waals surface area contributed by atoms with Gasteiger partial charge >= 0.3 is 0 Å². The van der Waals surface area contributed by atoms with Gasteiger partial charge in [0.25, 0.3) is 0 Å². The van der Waals surface area contributed by atoms with Crippen molar-refractivity contribution in [1.82, 2.24) is 0 Å². The molecule has 2 heterocycles. The van der Waals surface area contributed by atoms with Gasteiger partial charge in [-0.05, 0) is 33.6 Å². The summed E-state index contributed by atoms with van der Waals surface area (Å²) in [4.78, 5) is 0. The highest BCUT2D eigenvalue weighted by Gasteiger charge is 2.49. The monoisotopic (exact) mass is 332 g/mol. The first kappa shape index (κ1) is 18.8. The highest BCUT2D eigenvalue weighted by Crippen LogP contribution is 2.38. The van der Waals surface area contributed by atoms with Crippen LogP contribution < -0.4 is 0 Å². The molecule has 0 bridgehead atoms. The van der Waals surface area contributed by atoms with Gasteiger partial charge in [-0.15, -0.1) is 6.58 Å². The number of hydrogen-bond acceptors (Lipinski definition) is 7. The standard InChI is InChI=1S/C16H28O7/c1-5-16(4,10-6-7-15(2,3)22-10)23-14-13(20)12(19)11(18)9(8-17)21-14/h5,9-14,17-20H,1,6-8H2,2-4H3/t9-,10-,11-,12+,13-,14+,16?/m1/s1. The highest BCUT2D eigenvalue weighted by atomic mass is 16.7. The molecule has 2 aliphatic heterocycles. The average molecular weight is 332 g/mol. The van der Waals surface area contributed by atoms with Crippen LogP contribution in [-0.4, -0.2) is 75.0 Å². The fraction of sp³-hybridized carbons (Fsp3) is 0.875. The van der Waals surface area contributed by atoms with E-state index in [0.717, 1.165) is 12.8 Å². The lowest BCUT2D eigenvalue weighted by molar-refractivity contribution is -0.328. The second-order valence-corrected chi connectivity index (χ2v) is 7.11. The summed E-state index contributed by atoms with van der Waals surface area (Å²) in [7, 11) is 0. The van der Waals surface area contributed by atoms with Crippen LogP contribution in [0.1, 0.15) is 33.6 Å². The smallest absolute Gasteiger partial charge is 0.187 e. The van der Waals surface area contributed by atoms with Gasteiger partial charge in [-0.3, -0.25) is 0 Å². The maximum atomic E-state index is 10.1. The second kappa shape index (κ2) is 6.76. The van der Waals surface area contributed by atoms with E-state index in [1.807, 2.05) is 13.8 Å². The lowest BCUT2D eigenvalue weighted by atomic mass is 9.94. The molecule has 0 radical (unpaired) electrons. The Hall–Kier alpha value is -0.540. The number of ether oxygens (including phenoxy) is 3. The third kappa shape index (κ3) is 3.76. The Morgan fingerprint density at radius 2 is 1.91 bits per heavy atom. The molecule has 0 aromatic rings. The van der Waals surface area contributed by atoms with Crippen LogP contribution in [0.15, 0.2) is 12.7 Å². The van der Waals surface area contributed by atoms with Gasteiger partial charge in [0.05, 0.1) is 18.3 Å². The van der Waals surface area contributed by atoms with Gasteiger partial charge in [0.1, 0.15) is 30.0 Å². The van der Waals surface area contributed by atoms with Crippen LogP contribution in [-0.2, 0) is 14.2 Å². The van der Waals surface area contributed by atoms with Crippen molar-refractivity contribution in [3.63, 3.8) is 0 Å². The third-order valence-electron chi connectivity index (χ3n) is 4.73. The molecular formula is C16H28O7. The number of aliphatic hydroxyl groups excluding tert-OH is 4. The molecule has 0 amide bonds. The van der Waals surface area contributed by atoms with Gasteiger partial charge in [-0.25, -0.2) is 0 Å². The quantitative estimate of drug-likeness (QED) is 0.512. The molecular weight excluding hydrogens is 304 g/mol. The van der Waals surface area contributed by atoms with Crippen LogP contribution in [0.2, 0.25) is 0 Å². The van der Waals surface area contributed by atoms with Crippen LogP contribution in [0.3, 0.4) is 0 Å². The summed E-state index contributed by atoms with van der Waals surface area (Å²) in [6.07, 6.45) is -3.61.